The van der Waals surface area contributed by atoms with Crippen LogP contribution in [0.15, 0.2) is 36.4 Å². The van der Waals surface area contributed by atoms with Crippen LogP contribution >= 0.6 is 0 Å². The van der Waals surface area contributed by atoms with Crippen molar-refractivity contribution in [2.75, 3.05) is 0 Å². The minimum Gasteiger partial charge on any atom is -0.872 e. The van der Waals surface area contributed by atoms with Crippen molar-refractivity contribution in [3.8, 4) is 5.75 Å². The van der Waals surface area contributed by atoms with Gasteiger partial charge in [-0.05, 0) is 22.4 Å². The van der Waals surface area contributed by atoms with Crippen LogP contribution in [0, 0.1) is 0 Å². The summed E-state index contributed by atoms with van der Waals surface area (Å²) in [5, 5.41) is 23.3. The quantitative estimate of drug-likeness (QED) is 0.691. The average Bonchev–Trinajstić information content (AvgIpc) is 2.16. The summed E-state index contributed by atoms with van der Waals surface area (Å²) < 4.78 is 0. The molecule has 0 aliphatic rings. The fourth-order valence-corrected chi connectivity index (χ4v) is 1.38. The number of rotatable bonds is 1. The fraction of sp³-hybridized carbons (Fsp3) is 0. The van der Waals surface area contributed by atoms with Gasteiger partial charge in [0.1, 0.15) is 0 Å². The van der Waals surface area contributed by atoms with Gasteiger partial charge in [-0.25, -0.2) is 0 Å². The summed E-state index contributed by atoms with van der Waals surface area (Å²) in [6, 6.07) is 9.73. The fourth-order valence-electron chi connectivity index (χ4n) is 1.38. The number of hydrogen-bond acceptors (Lipinski definition) is 3. The Balaban J connectivity index is 0.00000112. The minimum absolute atomic E-state index is 0. The van der Waals surface area contributed by atoms with Crippen molar-refractivity contribution in [2.24, 2.45) is 0 Å². The molecule has 0 aromatic heterocycles. The third-order valence-corrected chi connectivity index (χ3v) is 2.07. The van der Waals surface area contributed by atoms with E-state index in [1.807, 2.05) is 0 Å². The Labute approximate surface area is 103 Å². The summed E-state index contributed by atoms with van der Waals surface area (Å²) in [5.74, 6) is -1.94. The Bertz CT molecular complexity index is 508. The van der Waals surface area contributed by atoms with Crippen LogP contribution < -0.4 is 10.2 Å². The van der Waals surface area contributed by atoms with Gasteiger partial charge >= 0.3 is 23.9 Å². The molecule has 0 bridgehead atoms. The summed E-state index contributed by atoms with van der Waals surface area (Å²) in [4.78, 5) is 10.6. The Hall–Kier alpha value is -1.23. The third kappa shape index (κ3) is 2.23. The van der Waals surface area contributed by atoms with Gasteiger partial charge in [-0.1, -0.05) is 36.1 Å². The Morgan fingerprint density at radius 3 is 2.13 bits per heavy atom. The monoisotopic (exact) mass is 306 g/mol. The summed E-state index contributed by atoms with van der Waals surface area (Å²) in [6.45, 7) is 0. The van der Waals surface area contributed by atoms with E-state index in [-0.39, 0.29) is 29.5 Å². The van der Waals surface area contributed by atoms with E-state index in [1.54, 1.807) is 24.3 Å². The molecule has 72 valence electrons. The molecule has 0 amide bonds. The molecule has 0 spiro atoms. The first-order valence-electron chi connectivity index (χ1n) is 4.09. The molecule has 0 atom stereocenters. The summed E-state index contributed by atoms with van der Waals surface area (Å²) in [7, 11) is 0. The molecular formula is C11H6O3Sn. The first-order valence-corrected chi connectivity index (χ1v) is 4.09. The second-order valence-corrected chi connectivity index (χ2v) is 2.98. The van der Waals surface area contributed by atoms with Gasteiger partial charge in [0.25, 0.3) is 0 Å². The topological polar surface area (TPSA) is 63.2 Å². The van der Waals surface area contributed by atoms with Gasteiger partial charge in [-0.3, -0.25) is 0 Å². The van der Waals surface area contributed by atoms with E-state index in [9.17, 15) is 15.0 Å². The van der Waals surface area contributed by atoms with Crippen LogP contribution in [0.25, 0.3) is 10.8 Å². The van der Waals surface area contributed by atoms with E-state index in [1.165, 1.54) is 12.1 Å². The van der Waals surface area contributed by atoms with Gasteiger partial charge in [0.15, 0.2) is 0 Å². The summed E-state index contributed by atoms with van der Waals surface area (Å²) in [6.07, 6.45) is 0. The van der Waals surface area contributed by atoms with E-state index in [0.29, 0.717) is 0 Å². The SMILES string of the molecule is O=C([O-])c1cc2ccccc2cc1[O-].[Sn+2]. The van der Waals surface area contributed by atoms with E-state index in [0.717, 1.165) is 10.8 Å². The molecule has 2 rings (SSSR count). The largest absolute Gasteiger partial charge is 2.00 e. The molecule has 0 unspecified atom stereocenters. The van der Waals surface area contributed by atoms with Gasteiger partial charge < -0.3 is 15.0 Å². The van der Waals surface area contributed by atoms with Gasteiger partial charge in [-0.15, -0.1) is 0 Å². The average molecular weight is 305 g/mol. The molecule has 0 saturated carbocycles. The van der Waals surface area contributed by atoms with Gasteiger partial charge in [0, 0.05) is 0 Å². The number of benzene rings is 2. The molecule has 0 aliphatic heterocycles. The molecule has 3 nitrogen and oxygen atoms in total. The number of carboxylic acids is 1. The maximum Gasteiger partial charge on any atom is 2.00 e. The Morgan fingerprint density at radius 2 is 1.60 bits per heavy atom. The molecule has 2 aromatic carbocycles. The smallest absolute Gasteiger partial charge is 0.872 e. The molecule has 4 heteroatoms. The summed E-state index contributed by atoms with van der Waals surface area (Å²) in [5.41, 5.74) is -0.288. The number of carbonyl (C=O) groups is 1. The molecule has 0 fully saturated rings. The van der Waals surface area contributed by atoms with Crippen molar-refractivity contribution in [1.29, 1.82) is 0 Å². The Kier molecular flexibility index (Phi) is 3.57. The van der Waals surface area contributed by atoms with E-state index in [2.05, 4.69) is 0 Å². The number of fused-ring (bicyclic) bond motifs is 1. The Morgan fingerprint density at radius 1 is 1.07 bits per heavy atom. The van der Waals surface area contributed by atoms with E-state index < -0.39 is 11.7 Å². The predicted molar refractivity (Wildman–Crippen MR) is 53.5 cm³/mol. The molecule has 0 heterocycles. The maximum atomic E-state index is 11.3. The van der Waals surface area contributed by atoms with Gasteiger partial charge in [0.05, 0.1) is 5.97 Å². The van der Waals surface area contributed by atoms with Crippen molar-refractivity contribution in [3.05, 3.63) is 42.0 Å². The molecule has 0 aliphatic carbocycles. The van der Waals surface area contributed by atoms with Crippen LogP contribution in [-0.4, -0.2) is 29.9 Å². The van der Waals surface area contributed by atoms with Crippen LogP contribution in [0.5, 0.6) is 5.75 Å². The van der Waals surface area contributed by atoms with Crippen LogP contribution in [0.3, 0.4) is 0 Å². The number of hydrogen-bond donors (Lipinski definition) is 0. The molecule has 0 N–H and O–H groups in total. The number of carbonyl (C=O) groups excluding carboxylic acids is 1. The minimum atomic E-state index is -1.43. The predicted octanol–water partition coefficient (Wildman–Crippen LogP) is -0.104. The van der Waals surface area contributed by atoms with Crippen LogP contribution in [-0.2, 0) is 0 Å². The maximum absolute atomic E-state index is 11.3. The standard InChI is InChI=1S/C11H8O3.Sn/c12-10-6-8-4-2-1-3-7(8)5-9(10)11(13)14;/h1-6,12H,(H,13,14);/q;+2/p-2. The summed E-state index contributed by atoms with van der Waals surface area (Å²) >= 11 is 0. The zero-order valence-corrected chi connectivity index (χ0v) is 10.5. The van der Waals surface area contributed by atoms with Crippen LogP contribution in [0.1, 0.15) is 10.4 Å². The zero-order valence-electron chi connectivity index (χ0n) is 7.69. The molecular weight excluding hydrogens is 299 g/mol. The van der Waals surface area contributed by atoms with Crippen molar-refractivity contribution in [3.63, 3.8) is 0 Å². The zero-order chi connectivity index (χ0) is 10.1. The van der Waals surface area contributed by atoms with Crippen molar-refractivity contribution in [1.82, 2.24) is 0 Å². The van der Waals surface area contributed by atoms with Crippen molar-refractivity contribution >= 4 is 40.6 Å². The van der Waals surface area contributed by atoms with Crippen LogP contribution in [0.2, 0.25) is 0 Å². The second kappa shape index (κ2) is 4.53. The van der Waals surface area contributed by atoms with Gasteiger partial charge in [-0.2, -0.15) is 0 Å². The second-order valence-electron chi connectivity index (χ2n) is 2.98. The normalized spacial score (nSPS) is 9.60. The molecule has 2 aromatic rings. The van der Waals surface area contributed by atoms with Gasteiger partial charge in [0.2, 0.25) is 0 Å². The molecule has 2 radical (unpaired) electrons. The van der Waals surface area contributed by atoms with Crippen LogP contribution in [0.4, 0.5) is 0 Å². The first kappa shape index (κ1) is 11.8. The van der Waals surface area contributed by atoms with E-state index >= 15 is 0 Å². The van der Waals surface area contributed by atoms with E-state index in [4.69, 9.17) is 0 Å². The molecule has 0 saturated heterocycles. The third-order valence-electron chi connectivity index (χ3n) is 2.07. The first-order chi connectivity index (χ1) is 6.68. The van der Waals surface area contributed by atoms with Crippen molar-refractivity contribution in [2.45, 2.75) is 0 Å². The molecule has 15 heavy (non-hydrogen) atoms. The number of carboxylic acid groups (broad SMARTS) is 1. The van der Waals surface area contributed by atoms with Crippen molar-refractivity contribution < 1.29 is 15.0 Å². The number of aromatic carboxylic acids is 1.